The van der Waals surface area contributed by atoms with E-state index in [1.807, 2.05) is 55.5 Å². The Morgan fingerprint density at radius 1 is 1.03 bits per heavy atom. The third kappa shape index (κ3) is 4.36. The average Bonchev–Trinajstić information content (AvgIpc) is 3.39. The van der Waals surface area contributed by atoms with Crippen LogP contribution in [0.4, 0.5) is 18.9 Å². The van der Waals surface area contributed by atoms with Gasteiger partial charge in [0.25, 0.3) is 5.91 Å². The van der Waals surface area contributed by atoms with Gasteiger partial charge in [-0.15, -0.1) is 0 Å². The third-order valence-corrected chi connectivity index (χ3v) is 6.53. The molecule has 1 aliphatic rings. The molecule has 5 rings (SSSR count). The van der Waals surface area contributed by atoms with Crippen LogP contribution in [0.3, 0.4) is 0 Å². The number of carbonyl (C=O) groups is 1. The number of halogens is 3. The lowest BCUT2D eigenvalue weighted by atomic mass is 9.99. The van der Waals surface area contributed by atoms with Gasteiger partial charge < -0.3 is 10.2 Å². The number of alkyl halides is 2. The molecule has 1 saturated heterocycles. The van der Waals surface area contributed by atoms with Gasteiger partial charge in [0.2, 0.25) is 0 Å². The monoisotopic (exact) mass is 478 g/mol. The molecule has 0 radical (unpaired) electrons. The van der Waals surface area contributed by atoms with E-state index in [2.05, 4.69) is 15.3 Å². The predicted octanol–water partition coefficient (Wildman–Crippen LogP) is 5.64. The summed E-state index contributed by atoms with van der Waals surface area (Å²) < 4.78 is 42.5. The molecule has 1 fully saturated rings. The molecule has 3 aromatic carbocycles. The fraction of sp³-hybridized carbons (Fsp3) is 0.259. The van der Waals surface area contributed by atoms with Crippen molar-refractivity contribution in [2.45, 2.75) is 44.3 Å². The molecule has 3 atom stereocenters. The Kier molecular flexibility index (Phi) is 5.75. The molecule has 8 heteroatoms. The van der Waals surface area contributed by atoms with E-state index in [-0.39, 0.29) is 17.9 Å². The Hall–Kier alpha value is -3.81. The number of benzene rings is 3. The first-order valence-electron chi connectivity index (χ1n) is 11.5. The van der Waals surface area contributed by atoms with Gasteiger partial charge in [-0.25, -0.2) is 9.07 Å². The van der Waals surface area contributed by atoms with Crippen molar-refractivity contribution < 1.29 is 18.0 Å². The molecule has 1 aliphatic heterocycles. The lowest BCUT2D eigenvalue weighted by molar-refractivity contribution is -0.143. The summed E-state index contributed by atoms with van der Waals surface area (Å²) in [6.07, 6.45) is 2.27. The summed E-state index contributed by atoms with van der Waals surface area (Å²) in [5.74, 6) is -5.04. The van der Waals surface area contributed by atoms with Crippen LogP contribution >= 0.6 is 0 Å². The molecule has 0 bridgehead atoms. The maximum atomic E-state index is 13.7. The summed E-state index contributed by atoms with van der Waals surface area (Å²) in [4.78, 5) is 14.3. The van der Waals surface area contributed by atoms with Crippen molar-refractivity contribution in [3.8, 4) is 5.69 Å². The molecule has 5 nitrogen and oxygen atoms in total. The van der Waals surface area contributed by atoms with Crippen molar-refractivity contribution in [3.05, 3.63) is 90.4 Å². The van der Waals surface area contributed by atoms with E-state index in [4.69, 9.17) is 0 Å². The largest absolute Gasteiger partial charge is 0.360 e. The van der Waals surface area contributed by atoms with Crippen LogP contribution in [0.25, 0.3) is 16.6 Å². The number of aromatic nitrogens is 2. The topological polar surface area (TPSA) is 50.2 Å². The number of nitrogens with zero attached hydrogens (tertiary/aromatic N) is 3. The molecular formula is C27H25F3N4O. The zero-order valence-electron chi connectivity index (χ0n) is 19.3. The fourth-order valence-corrected chi connectivity index (χ4v) is 4.94. The molecule has 1 unspecified atom stereocenters. The highest BCUT2D eigenvalue weighted by Crippen LogP contribution is 2.41. The van der Waals surface area contributed by atoms with Gasteiger partial charge in [-0.1, -0.05) is 30.3 Å². The van der Waals surface area contributed by atoms with Crippen LogP contribution in [0.2, 0.25) is 0 Å². The van der Waals surface area contributed by atoms with E-state index in [0.717, 1.165) is 27.8 Å². The van der Waals surface area contributed by atoms with Crippen molar-refractivity contribution in [2.24, 2.45) is 0 Å². The Morgan fingerprint density at radius 3 is 2.40 bits per heavy atom. The summed E-state index contributed by atoms with van der Waals surface area (Å²) in [5, 5.41) is 7.95. The second-order valence-electron chi connectivity index (χ2n) is 9.09. The quantitative estimate of drug-likeness (QED) is 0.404. The molecule has 4 aromatic rings. The predicted molar refractivity (Wildman–Crippen MR) is 129 cm³/mol. The van der Waals surface area contributed by atoms with E-state index in [1.54, 1.807) is 23.0 Å². The first-order chi connectivity index (χ1) is 16.7. The second-order valence-corrected chi connectivity index (χ2v) is 9.09. The minimum atomic E-state index is -3.45. The Balaban J connectivity index is 1.53. The number of fused-ring (bicyclic) bond motifs is 1. The molecular weight excluding hydrogens is 453 g/mol. The summed E-state index contributed by atoms with van der Waals surface area (Å²) in [6, 6.07) is 20.8. The molecule has 1 amide bonds. The lowest BCUT2D eigenvalue weighted by Gasteiger charge is -2.33. The van der Waals surface area contributed by atoms with Crippen molar-refractivity contribution in [1.29, 1.82) is 0 Å². The van der Waals surface area contributed by atoms with Crippen LogP contribution in [0.15, 0.2) is 79.0 Å². The Morgan fingerprint density at radius 2 is 1.71 bits per heavy atom. The normalized spacial score (nSPS) is 20.4. The number of hydrogen-bond donors (Lipinski definition) is 1. The number of amides is 1. The number of carbonyl (C=O) groups excluding carboxylic acids is 1. The minimum Gasteiger partial charge on any atom is -0.360 e. The summed E-state index contributed by atoms with van der Waals surface area (Å²) >= 11 is 0. The van der Waals surface area contributed by atoms with Crippen LogP contribution in [-0.4, -0.2) is 33.7 Å². The van der Waals surface area contributed by atoms with Gasteiger partial charge in [0.1, 0.15) is 5.82 Å². The molecule has 0 saturated carbocycles. The van der Waals surface area contributed by atoms with Crippen molar-refractivity contribution >= 4 is 22.5 Å². The van der Waals surface area contributed by atoms with Crippen LogP contribution in [0, 0.1) is 5.82 Å². The van der Waals surface area contributed by atoms with Crippen LogP contribution < -0.4 is 10.2 Å². The Labute approximate surface area is 201 Å². The number of rotatable bonds is 5. The number of hydrogen-bond acceptors (Lipinski definition) is 3. The van der Waals surface area contributed by atoms with Crippen LogP contribution in [0.5, 0.6) is 0 Å². The average molecular weight is 479 g/mol. The summed E-state index contributed by atoms with van der Waals surface area (Å²) in [6.45, 7) is 2.64. The summed E-state index contributed by atoms with van der Waals surface area (Å²) in [5.41, 5.74) is 3.44. The molecule has 0 spiro atoms. The molecule has 0 aliphatic carbocycles. The van der Waals surface area contributed by atoms with E-state index < -0.39 is 17.9 Å². The standard InChI is InChI=1S/C27H25F3N4O/c1-17-14-23(32-26(35)27(2,29)30)25(18-6-4-3-5-7-18)33(17)22-12-13-24-19(15-22)16-31-34(24)21-10-8-20(28)9-11-21/h3-13,15-17,23,25H,14H2,1-2H3,(H,32,35)/t17-,23-,25?/m0/s1. The molecule has 2 heterocycles. The van der Waals surface area contributed by atoms with Gasteiger partial charge in [0.15, 0.2) is 0 Å². The Bertz CT molecular complexity index is 1350. The maximum absolute atomic E-state index is 13.7. The summed E-state index contributed by atoms with van der Waals surface area (Å²) in [7, 11) is 0. The zero-order chi connectivity index (χ0) is 24.7. The van der Waals surface area contributed by atoms with Gasteiger partial charge in [0.05, 0.1) is 29.5 Å². The SMILES string of the molecule is C[C@H]1C[C@H](NC(=O)C(C)(F)F)C(c2ccccc2)N1c1ccc2c(cnn2-c2ccc(F)cc2)c1. The van der Waals surface area contributed by atoms with Gasteiger partial charge >= 0.3 is 5.92 Å². The van der Waals surface area contributed by atoms with Crippen LogP contribution in [-0.2, 0) is 4.79 Å². The smallest absolute Gasteiger partial charge is 0.321 e. The van der Waals surface area contributed by atoms with Gasteiger partial charge in [-0.2, -0.15) is 13.9 Å². The van der Waals surface area contributed by atoms with Crippen LogP contribution in [0.1, 0.15) is 31.9 Å². The lowest BCUT2D eigenvalue weighted by Crippen LogP contribution is -2.46. The first-order valence-corrected chi connectivity index (χ1v) is 11.5. The molecule has 180 valence electrons. The van der Waals surface area contributed by atoms with E-state index in [9.17, 15) is 18.0 Å². The van der Waals surface area contributed by atoms with Gasteiger partial charge in [-0.05, 0) is 61.4 Å². The zero-order valence-corrected chi connectivity index (χ0v) is 19.3. The molecule has 1 N–H and O–H groups in total. The van der Waals surface area contributed by atoms with E-state index >= 15 is 0 Å². The highest BCUT2D eigenvalue weighted by atomic mass is 19.3. The first kappa shape index (κ1) is 23.0. The maximum Gasteiger partial charge on any atom is 0.321 e. The van der Waals surface area contributed by atoms with E-state index in [1.165, 1.54) is 12.1 Å². The van der Waals surface area contributed by atoms with Crippen molar-refractivity contribution in [1.82, 2.24) is 15.1 Å². The highest BCUT2D eigenvalue weighted by molar-refractivity contribution is 5.85. The fourth-order valence-electron chi connectivity index (χ4n) is 4.94. The molecule has 1 aromatic heterocycles. The van der Waals surface area contributed by atoms with Gasteiger partial charge in [-0.3, -0.25) is 4.79 Å². The minimum absolute atomic E-state index is 0.0134. The van der Waals surface area contributed by atoms with Crippen molar-refractivity contribution in [2.75, 3.05) is 4.90 Å². The third-order valence-electron chi connectivity index (χ3n) is 6.53. The number of nitrogens with one attached hydrogen (secondary N) is 1. The van der Waals surface area contributed by atoms with E-state index in [0.29, 0.717) is 13.3 Å². The second kappa shape index (κ2) is 8.76. The highest BCUT2D eigenvalue weighted by Gasteiger charge is 2.43. The van der Waals surface area contributed by atoms with Gasteiger partial charge in [0, 0.05) is 24.0 Å². The van der Waals surface area contributed by atoms with Crippen molar-refractivity contribution in [3.63, 3.8) is 0 Å². The number of anilines is 1. The molecule has 35 heavy (non-hydrogen) atoms.